The molecule has 19 nitrogen and oxygen atoms in total. The van der Waals surface area contributed by atoms with Gasteiger partial charge in [-0.15, -0.1) is 5.11 Å². The Kier molecular flexibility index (Phi) is 8.13. The van der Waals surface area contributed by atoms with Crippen molar-refractivity contribution in [2.75, 3.05) is 10.5 Å². The van der Waals surface area contributed by atoms with Gasteiger partial charge < -0.3 is 10.2 Å². The molecule has 0 bridgehead atoms. The average molecular weight is 716 g/mol. The third-order valence-corrected chi connectivity index (χ3v) is 10.4. The molecule has 6 N–H and O–H groups in total. The van der Waals surface area contributed by atoms with Crippen LogP contribution in [-0.2, 0) is 40.4 Å². The largest absolute Gasteiger partial charge is 0.421 e. The van der Waals surface area contributed by atoms with Crippen LogP contribution in [0.2, 0.25) is 0 Å². The number of aryl methyl sites for hydroxylation is 1. The summed E-state index contributed by atoms with van der Waals surface area (Å²) < 4.78 is 132. The Morgan fingerprint density at radius 1 is 0.848 bits per heavy atom. The van der Waals surface area contributed by atoms with Crippen molar-refractivity contribution >= 4 is 80.4 Å². The number of sulfonamides is 1. The zero-order valence-electron chi connectivity index (χ0n) is 23.0. The van der Waals surface area contributed by atoms with Crippen LogP contribution in [0.4, 0.5) is 23.2 Å². The van der Waals surface area contributed by atoms with E-state index >= 15 is 0 Å². The number of nitrogens with two attached hydrogens (primary N) is 1. The van der Waals surface area contributed by atoms with E-state index in [4.69, 9.17) is 10.2 Å². The Morgan fingerprint density at radius 2 is 1.48 bits per heavy atom. The number of anilines is 2. The quantitative estimate of drug-likeness (QED) is 0.123. The van der Waals surface area contributed by atoms with Crippen LogP contribution in [0.15, 0.2) is 82.8 Å². The van der Waals surface area contributed by atoms with Gasteiger partial charge in [0, 0.05) is 11.8 Å². The number of azo groups is 1. The van der Waals surface area contributed by atoms with Crippen molar-refractivity contribution in [3.05, 3.63) is 59.1 Å². The molecule has 0 atom stereocenters. The number of rotatable bonds is 9. The Balaban J connectivity index is 1.39. The fourth-order valence-electron chi connectivity index (χ4n) is 4.22. The molecular formula is C23H21N7O12S4. The van der Waals surface area contributed by atoms with Crippen LogP contribution in [0, 0.1) is 6.92 Å². The van der Waals surface area contributed by atoms with Crippen LogP contribution >= 0.6 is 0 Å². The maximum absolute atomic E-state index is 13.0. The second-order valence-electron chi connectivity index (χ2n) is 9.57. The first-order valence-corrected chi connectivity index (χ1v) is 18.2. The number of benzene rings is 2. The minimum atomic E-state index is -4.97. The van der Waals surface area contributed by atoms with Crippen LogP contribution in [0.3, 0.4) is 0 Å². The van der Waals surface area contributed by atoms with Crippen LogP contribution < -0.4 is 10.5 Å². The summed E-state index contributed by atoms with van der Waals surface area (Å²) in [6, 6.07) is 5.06. The zero-order valence-corrected chi connectivity index (χ0v) is 26.3. The van der Waals surface area contributed by atoms with E-state index in [9.17, 15) is 47.3 Å². The zero-order chi connectivity index (χ0) is 33.8. The molecule has 1 aliphatic rings. The molecule has 0 spiro atoms. The Morgan fingerprint density at radius 3 is 2.04 bits per heavy atom. The van der Waals surface area contributed by atoms with E-state index in [0.717, 1.165) is 12.1 Å². The minimum Gasteiger partial charge on any atom is -0.421 e. The highest BCUT2D eigenvalue weighted by molar-refractivity contribution is 7.96. The first-order valence-electron chi connectivity index (χ1n) is 12.4. The Hall–Kier alpha value is -4.52. The highest BCUT2D eigenvalue weighted by Gasteiger charge is 2.25. The number of hydrogen-bond acceptors (Lipinski definition) is 14. The van der Waals surface area contributed by atoms with Gasteiger partial charge in [-0.05, 0) is 62.2 Å². The minimum absolute atomic E-state index is 0.0221. The van der Waals surface area contributed by atoms with E-state index in [1.807, 2.05) is 4.72 Å². The van der Waals surface area contributed by atoms with Gasteiger partial charge in [-0.3, -0.25) is 18.4 Å². The smallest absolute Gasteiger partial charge is 0.341 e. The summed E-state index contributed by atoms with van der Waals surface area (Å²) in [5.74, 6) is 0.0230. The van der Waals surface area contributed by atoms with Gasteiger partial charge in [-0.25, -0.2) is 13.1 Å². The van der Waals surface area contributed by atoms with E-state index in [2.05, 4.69) is 20.3 Å². The lowest BCUT2D eigenvalue weighted by atomic mass is 10.1. The summed E-state index contributed by atoms with van der Waals surface area (Å²) in [6.07, 6.45) is 2.59. The van der Waals surface area contributed by atoms with Crippen LogP contribution in [0.5, 0.6) is 0 Å². The van der Waals surface area contributed by atoms with Crippen molar-refractivity contribution in [3.8, 4) is 0 Å². The molecule has 4 aromatic rings. The molecule has 23 heteroatoms. The van der Waals surface area contributed by atoms with Crippen molar-refractivity contribution < 1.29 is 51.7 Å². The summed E-state index contributed by atoms with van der Waals surface area (Å²) in [4.78, 5) is 1.53. The number of hydrogen-bond donors (Lipinski definition) is 5. The first-order chi connectivity index (χ1) is 21.2. The lowest BCUT2D eigenvalue weighted by molar-refractivity contribution is 0.478. The predicted molar refractivity (Wildman–Crippen MR) is 160 cm³/mol. The monoisotopic (exact) mass is 715 g/mol. The van der Waals surface area contributed by atoms with Gasteiger partial charge in [-0.1, -0.05) is 5.11 Å². The molecular weight excluding hydrogens is 695 g/mol. The third-order valence-electron chi connectivity index (χ3n) is 6.38. The fraction of sp³-hybridized carbons (Fsp3) is 0.130. The van der Waals surface area contributed by atoms with E-state index in [1.165, 1.54) is 22.9 Å². The molecule has 46 heavy (non-hydrogen) atoms. The second-order valence-corrected chi connectivity index (χ2v) is 15.6. The topological polar surface area (TPSA) is 304 Å². The first kappa shape index (κ1) is 32.9. The molecule has 0 amide bonds. The van der Waals surface area contributed by atoms with Gasteiger partial charge in [0.25, 0.3) is 40.4 Å². The van der Waals surface area contributed by atoms with E-state index < -0.39 is 60.8 Å². The molecule has 0 saturated heterocycles. The molecule has 2 heterocycles. The second kappa shape index (κ2) is 11.4. The van der Waals surface area contributed by atoms with Crippen LogP contribution in [0.1, 0.15) is 18.5 Å². The lowest BCUT2D eigenvalue weighted by Crippen LogP contribution is -2.18. The van der Waals surface area contributed by atoms with Crippen molar-refractivity contribution in [2.24, 2.45) is 10.2 Å². The van der Waals surface area contributed by atoms with Gasteiger partial charge in [0.05, 0.1) is 31.0 Å². The number of nitrogens with zero attached hydrogens (tertiary/aromatic N) is 5. The van der Waals surface area contributed by atoms with Crippen molar-refractivity contribution in [1.29, 1.82) is 0 Å². The number of nitrogen functional groups attached to an aromatic ring is 1. The van der Waals surface area contributed by atoms with Crippen molar-refractivity contribution in [3.63, 3.8) is 0 Å². The SMILES string of the molecule is Cc1nn(C2=CC=C(S(=O)(=O)Nc3cc(S(=O)(=O)O)cc(S(=O)(=O)O)c3)CC2)c(N)c1N=Nc1nc2ccc(S(=O)(=O)O)cc2o1. The highest BCUT2D eigenvalue weighted by atomic mass is 32.2. The number of oxazole rings is 1. The molecule has 0 aliphatic heterocycles. The molecule has 2 aromatic heterocycles. The molecule has 2 aromatic carbocycles. The van der Waals surface area contributed by atoms with Crippen molar-refractivity contribution in [2.45, 2.75) is 34.5 Å². The summed E-state index contributed by atoms with van der Waals surface area (Å²) in [5.41, 5.74) is 6.83. The average Bonchev–Trinajstić information content (AvgIpc) is 3.48. The number of fused-ring (bicyclic) bond motifs is 1. The normalized spacial score (nSPS) is 14.9. The summed E-state index contributed by atoms with van der Waals surface area (Å²) >= 11 is 0. The van der Waals surface area contributed by atoms with Gasteiger partial charge in [0.2, 0.25) is 0 Å². The third kappa shape index (κ3) is 6.84. The number of allylic oxidation sites excluding steroid dienone is 4. The van der Waals surface area contributed by atoms with E-state index in [-0.39, 0.29) is 46.4 Å². The van der Waals surface area contributed by atoms with E-state index in [1.54, 1.807) is 6.92 Å². The van der Waals surface area contributed by atoms with Gasteiger partial charge in [-0.2, -0.15) is 35.3 Å². The molecule has 0 saturated carbocycles. The summed E-state index contributed by atoms with van der Waals surface area (Å²) in [6.45, 7) is 1.58. The Bertz CT molecular complexity index is 2410. The lowest BCUT2D eigenvalue weighted by Gasteiger charge is -2.17. The molecule has 1 aliphatic carbocycles. The summed E-state index contributed by atoms with van der Waals surface area (Å²) in [7, 11) is -18.8. The van der Waals surface area contributed by atoms with E-state index in [0.29, 0.717) is 29.6 Å². The standard InChI is InChI=1S/C23H21N7O12S4/c1-12-21(26-27-23-25-19-7-6-16(44(33,34)35)11-20(19)42-23)22(24)30(28-12)14-2-4-15(5-3-14)43(31,32)29-13-8-17(45(36,37)38)10-18(9-13)46(39,40)41/h2,4,6-11,29H,3,5,24H2,1H3,(H,33,34,35)(H,36,37,38)(H,39,40,41). The van der Waals surface area contributed by atoms with Gasteiger partial charge in [0.15, 0.2) is 17.1 Å². The summed E-state index contributed by atoms with van der Waals surface area (Å²) in [5, 5.41) is 12.2. The molecule has 0 radical (unpaired) electrons. The molecule has 0 fully saturated rings. The molecule has 244 valence electrons. The maximum atomic E-state index is 13.0. The number of aromatic nitrogens is 3. The highest BCUT2D eigenvalue weighted by Crippen LogP contribution is 2.35. The Labute approximate surface area is 260 Å². The molecule has 0 unspecified atom stereocenters. The van der Waals surface area contributed by atoms with Crippen LogP contribution in [-0.4, -0.2) is 62.1 Å². The number of nitrogens with one attached hydrogen (secondary N) is 1. The van der Waals surface area contributed by atoms with Gasteiger partial charge >= 0.3 is 6.01 Å². The molecule has 5 rings (SSSR count). The fourth-order valence-corrected chi connectivity index (χ4v) is 7.08. The van der Waals surface area contributed by atoms with Crippen molar-refractivity contribution in [1.82, 2.24) is 14.8 Å². The predicted octanol–water partition coefficient (Wildman–Crippen LogP) is 3.03. The van der Waals surface area contributed by atoms with Gasteiger partial charge in [0.1, 0.15) is 5.52 Å². The maximum Gasteiger partial charge on any atom is 0.341 e. The van der Waals surface area contributed by atoms with Crippen LogP contribution in [0.25, 0.3) is 16.8 Å².